The summed E-state index contributed by atoms with van der Waals surface area (Å²) in [6.45, 7) is 1.48. The fourth-order valence-corrected chi connectivity index (χ4v) is 1.82. The molecule has 0 aliphatic carbocycles. The van der Waals surface area contributed by atoms with Crippen LogP contribution in [0, 0.1) is 0 Å². The lowest BCUT2D eigenvalue weighted by atomic mass is 10.1. The lowest BCUT2D eigenvalue weighted by Gasteiger charge is -2.06. The third-order valence-electron chi connectivity index (χ3n) is 2.23. The van der Waals surface area contributed by atoms with Crippen molar-refractivity contribution in [2.75, 3.05) is 19.3 Å². The largest absolute Gasteiger partial charge is 0.366 e. The van der Waals surface area contributed by atoms with Crippen LogP contribution < -0.4 is 15.8 Å². The normalized spacial score (nSPS) is 11.4. The van der Waals surface area contributed by atoms with Crippen LogP contribution in [0.1, 0.15) is 15.9 Å². The number of nitrogens with two attached hydrogens (primary N) is 1. The average molecular weight is 271 g/mol. The van der Waals surface area contributed by atoms with Gasteiger partial charge in [-0.15, -0.1) is 0 Å². The molecular formula is C11H17N3O3S. The monoisotopic (exact) mass is 271 g/mol. The van der Waals surface area contributed by atoms with E-state index in [9.17, 15) is 13.2 Å². The van der Waals surface area contributed by atoms with Crippen molar-refractivity contribution in [3.05, 3.63) is 35.4 Å². The van der Waals surface area contributed by atoms with Crippen molar-refractivity contribution in [2.24, 2.45) is 5.73 Å². The second-order valence-electron chi connectivity index (χ2n) is 3.90. The maximum atomic E-state index is 10.8. The molecule has 0 fully saturated rings. The predicted molar refractivity (Wildman–Crippen MR) is 69.5 cm³/mol. The van der Waals surface area contributed by atoms with Crippen molar-refractivity contribution in [1.82, 2.24) is 10.0 Å². The summed E-state index contributed by atoms with van der Waals surface area (Å²) in [5.41, 5.74) is 6.59. The first-order chi connectivity index (χ1) is 8.38. The number of hydrogen-bond donors (Lipinski definition) is 3. The van der Waals surface area contributed by atoms with Crippen LogP contribution in [0.15, 0.2) is 24.3 Å². The molecule has 0 aliphatic rings. The van der Waals surface area contributed by atoms with Crippen LogP contribution in [0.25, 0.3) is 0 Å². The van der Waals surface area contributed by atoms with E-state index in [-0.39, 0.29) is 0 Å². The molecule has 6 nitrogen and oxygen atoms in total. The zero-order valence-electron chi connectivity index (χ0n) is 10.1. The zero-order valence-corrected chi connectivity index (χ0v) is 11.0. The third kappa shape index (κ3) is 5.76. The highest BCUT2D eigenvalue weighted by Gasteiger charge is 2.00. The molecule has 0 unspecified atom stereocenters. The smallest absolute Gasteiger partial charge is 0.248 e. The summed E-state index contributed by atoms with van der Waals surface area (Å²) in [5.74, 6) is -0.452. The first kappa shape index (κ1) is 14.6. The van der Waals surface area contributed by atoms with Gasteiger partial charge in [0.25, 0.3) is 0 Å². The van der Waals surface area contributed by atoms with Crippen LogP contribution in [0.5, 0.6) is 0 Å². The van der Waals surface area contributed by atoms with Gasteiger partial charge in [-0.25, -0.2) is 13.1 Å². The molecule has 1 aromatic carbocycles. The minimum atomic E-state index is -3.13. The van der Waals surface area contributed by atoms with Gasteiger partial charge in [-0.1, -0.05) is 12.1 Å². The quantitative estimate of drug-likeness (QED) is 0.578. The minimum Gasteiger partial charge on any atom is -0.366 e. The van der Waals surface area contributed by atoms with E-state index in [1.165, 1.54) is 0 Å². The lowest BCUT2D eigenvalue weighted by molar-refractivity contribution is 0.100. The molecule has 0 atom stereocenters. The van der Waals surface area contributed by atoms with Crippen LogP contribution in [-0.4, -0.2) is 33.7 Å². The molecule has 1 aromatic rings. The second kappa shape index (κ2) is 6.48. The van der Waals surface area contributed by atoms with E-state index in [1.54, 1.807) is 24.3 Å². The van der Waals surface area contributed by atoms with E-state index >= 15 is 0 Å². The molecule has 0 radical (unpaired) electrons. The molecule has 0 spiro atoms. The Bertz CT molecular complexity index is 497. The van der Waals surface area contributed by atoms with Gasteiger partial charge in [0.2, 0.25) is 15.9 Å². The Morgan fingerprint density at radius 1 is 1.22 bits per heavy atom. The summed E-state index contributed by atoms with van der Waals surface area (Å²) in [7, 11) is -3.13. The van der Waals surface area contributed by atoms with Crippen molar-refractivity contribution >= 4 is 15.9 Å². The Morgan fingerprint density at radius 2 is 1.83 bits per heavy atom. The molecule has 1 rings (SSSR count). The van der Waals surface area contributed by atoms with Crippen molar-refractivity contribution in [3.63, 3.8) is 0 Å². The maximum absolute atomic E-state index is 10.8. The SMILES string of the molecule is CS(=O)(=O)NCCNCc1ccc(C(N)=O)cc1. The van der Waals surface area contributed by atoms with E-state index < -0.39 is 15.9 Å². The molecule has 1 amide bonds. The summed E-state index contributed by atoms with van der Waals surface area (Å²) in [4.78, 5) is 10.8. The third-order valence-corrected chi connectivity index (χ3v) is 2.96. The van der Waals surface area contributed by atoms with Gasteiger partial charge >= 0.3 is 0 Å². The molecule has 0 aliphatic heterocycles. The lowest BCUT2D eigenvalue weighted by Crippen LogP contribution is -2.30. The maximum Gasteiger partial charge on any atom is 0.248 e. The Kier molecular flexibility index (Phi) is 5.26. The molecule has 18 heavy (non-hydrogen) atoms. The van der Waals surface area contributed by atoms with E-state index in [2.05, 4.69) is 10.0 Å². The number of amides is 1. The highest BCUT2D eigenvalue weighted by molar-refractivity contribution is 7.88. The molecule has 0 saturated heterocycles. The van der Waals surface area contributed by atoms with Gasteiger partial charge in [-0.05, 0) is 17.7 Å². The number of sulfonamides is 1. The van der Waals surface area contributed by atoms with Gasteiger partial charge in [0, 0.05) is 25.2 Å². The average Bonchev–Trinajstić information content (AvgIpc) is 2.27. The number of primary amides is 1. The van der Waals surface area contributed by atoms with Crippen molar-refractivity contribution in [2.45, 2.75) is 6.54 Å². The fourth-order valence-electron chi connectivity index (χ4n) is 1.34. The Morgan fingerprint density at radius 3 is 2.33 bits per heavy atom. The van der Waals surface area contributed by atoms with E-state index in [4.69, 9.17) is 5.73 Å². The predicted octanol–water partition coefficient (Wildman–Crippen LogP) is -0.576. The molecule has 0 aromatic heterocycles. The number of carbonyl (C=O) groups excluding carboxylic acids is 1. The highest BCUT2D eigenvalue weighted by atomic mass is 32.2. The summed E-state index contributed by atoms with van der Waals surface area (Å²) in [5, 5.41) is 3.08. The molecule has 7 heteroatoms. The fraction of sp³-hybridized carbons (Fsp3) is 0.364. The van der Waals surface area contributed by atoms with Crippen LogP contribution in [-0.2, 0) is 16.6 Å². The van der Waals surface area contributed by atoms with E-state index in [1.807, 2.05) is 0 Å². The van der Waals surface area contributed by atoms with Crippen molar-refractivity contribution in [1.29, 1.82) is 0 Å². The Labute approximate surface area is 107 Å². The number of nitrogens with one attached hydrogen (secondary N) is 2. The number of carbonyl (C=O) groups is 1. The second-order valence-corrected chi connectivity index (χ2v) is 5.74. The zero-order chi connectivity index (χ0) is 13.6. The molecule has 0 bridgehead atoms. The standard InChI is InChI=1S/C11H17N3O3S/c1-18(16,17)14-7-6-13-8-9-2-4-10(5-3-9)11(12)15/h2-5,13-14H,6-8H2,1H3,(H2,12,15). The summed E-state index contributed by atoms with van der Waals surface area (Å²) in [6.07, 6.45) is 1.12. The van der Waals surface area contributed by atoms with Gasteiger partial charge in [0.05, 0.1) is 6.26 Å². The first-order valence-electron chi connectivity index (χ1n) is 5.42. The van der Waals surface area contributed by atoms with Crippen LogP contribution >= 0.6 is 0 Å². The van der Waals surface area contributed by atoms with Gasteiger partial charge in [0.1, 0.15) is 0 Å². The highest BCUT2D eigenvalue weighted by Crippen LogP contribution is 2.03. The Hall–Kier alpha value is -1.44. The first-order valence-corrected chi connectivity index (χ1v) is 7.32. The van der Waals surface area contributed by atoms with Crippen molar-refractivity contribution < 1.29 is 13.2 Å². The van der Waals surface area contributed by atoms with Crippen LogP contribution in [0.4, 0.5) is 0 Å². The summed E-state index contributed by atoms with van der Waals surface area (Å²) < 4.78 is 23.9. The molecule has 100 valence electrons. The van der Waals surface area contributed by atoms with Gasteiger partial charge in [-0.2, -0.15) is 0 Å². The number of rotatable bonds is 7. The molecule has 0 saturated carbocycles. The van der Waals surface area contributed by atoms with Crippen LogP contribution in [0.3, 0.4) is 0 Å². The number of hydrogen-bond acceptors (Lipinski definition) is 4. The van der Waals surface area contributed by atoms with Gasteiger partial charge in [-0.3, -0.25) is 4.79 Å². The molecule has 0 heterocycles. The minimum absolute atomic E-state index is 0.345. The van der Waals surface area contributed by atoms with E-state index in [0.29, 0.717) is 25.2 Å². The van der Waals surface area contributed by atoms with Gasteiger partial charge in [0.15, 0.2) is 0 Å². The van der Waals surface area contributed by atoms with E-state index in [0.717, 1.165) is 11.8 Å². The van der Waals surface area contributed by atoms with Crippen molar-refractivity contribution in [3.8, 4) is 0 Å². The summed E-state index contributed by atoms with van der Waals surface area (Å²) >= 11 is 0. The molecular weight excluding hydrogens is 254 g/mol. The molecule has 4 N–H and O–H groups in total. The Balaban J connectivity index is 2.29. The summed E-state index contributed by atoms with van der Waals surface area (Å²) in [6, 6.07) is 6.93. The number of benzene rings is 1. The van der Waals surface area contributed by atoms with Crippen LogP contribution in [0.2, 0.25) is 0 Å². The topological polar surface area (TPSA) is 101 Å². The van der Waals surface area contributed by atoms with Gasteiger partial charge < -0.3 is 11.1 Å².